The summed E-state index contributed by atoms with van der Waals surface area (Å²) in [5.41, 5.74) is 6.03. The fourth-order valence-corrected chi connectivity index (χ4v) is 2.87. The molecule has 0 atom stereocenters. The minimum atomic E-state index is 0.507. The summed E-state index contributed by atoms with van der Waals surface area (Å²) >= 11 is 0. The van der Waals surface area contributed by atoms with Gasteiger partial charge in [-0.1, -0.05) is 36.4 Å². The molecule has 24 heavy (non-hydrogen) atoms. The number of nitrogens with zero attached hydrogens (tertiary/aromatic N) is 4. The minimum absolute atomic E-state index is 0.507. The van der Waals surface area contributed by atoms with Crippen molar-refractivity contribution < 1.29 is 0 Å². The van der Waals surface area contributed by atoms with Crippen LogP contribution in [0.5, 0.6) is 0 Å². The van der Waals surface area contributed by atoms with Gasteiger partial charge in [-0.15, -0.1) is 0 Å². The Balaban J connectivity index is 1.93. The molecule has 4 nitrogen and oxygen atoms in total. The average Bonchev–Trinajstić information content (AvgIpc) is 3.04. The Bertz CT molecular complexity index is 1090. The van der Waals surface area contributed by atoms with E-state index in [1.165, 1.54) is 5.56 Å². The van der Waals surface area contributed by atoms with E-state index in [-0.39, 0.29) is 0 Å². The predicted molar refractivity (Wildman–Crippen MR) is 94.9 cm³/mol. The van der Waals surface area contributed by atoms with Crippen molar-refractivity contribution >= 4 is 11.5 Å². The molecule has 0 bridgehead atoms. The Morgan fingerprint density at radius 2 is 1.92 bits per heavy atom. The summed E-state index contributed by atoms with van der Waals surface area (Å²) in [7, 11) is 0. The molecular weight excluding hydrogens is 296 g/mol. The van der Waals surface area contributed by atoms with E-state index in [4.69, 9.17) is 6.57 Å². The third-order valence-corrected chi connectivity index (χ3v) is 4.01. The van der Waals surface area contributed by atoms with Gasteiger partial charge in [0.25, 0.3) is 5.82 Å². The fraction of sp³-hybridized carbons (Fsp3) is 0.0500. The zero-order chi connectivity index (χ0) is 16.5. The predicted octanol–water partition coefficient (Wildman–Crippen LogP) is 4.92. The number of hydrogen-bond acceptors (Lipinski definition) is 2. The Morgan fingerprint density at radius 1 is 1.00 bits per heavy atom. The monoisotopic (exact) mass is 310 g/mol. The molecule has 0 amide bonds. The van der Waals surface area contributed by atoms with Crippen LogP contribution in [0.2, 0.25) is 0 Å². The zero-order valence-corrected chi connectivity index (χ0v) is 13.1. The fourth-order valence-electron chi connectivity index (χ4n) is 2.87. The number of pyridine rings is 2. The van der Waals surface area contributed by atoms with Crippen molar-refractivity contribution in [3.63, 3.8) is 0 Å². The van der Waals surface area contributed by atoms with Crippen molar-refractivity contribution in [2.24, 2.45) is 0 Å². The molecule has 0 aliphatic carbocycles. The van der Waals surface area contributed by atoms with Gasteiger partial charge in [-0.3, -0.25) is 4.98 Å². The van der Waals surface area contributed by atoms with E-state index in [0.29, 0.717) is 5.82 Å². The molecule has 0 saturated heterocycles. The maximum absolute atomic E-state index is 7.27. The molecule has 4 aromatic rings. The van der Waals surface area contributed by atoms with E-state index in [1.54, 1.807) is 6.20 Å². The molecule has 3 aromatic heterocycles. The maximum Gasteiger partial charge on any atom is 0.254 e. The third-order valence-electron chi connectivity index (χ3n) is 4.01. The standard InChI is InChI=1S/C20H14N4/c1-14-5-3-6-15(11-14)20-17(7-4-10-22-20)16-8-9-18-23-12-19(21-2)24(18)13-16/h3-13H,1H3. The molecule has 4 rings (SSSR count). The summed E-state index contributed by atoms with van der Waals surface area (Å²) in [4.78, 5) is 12.4. The Morgan fingerprint density at radius 3 is 2.75 bits per heavy atom. The Kier molecular flexibility index (Phi) is 3.33. The number of hydrogen-bond donors (Lipinski definition) is 0. The first-order valence-electron chi connectivity index (χ1n) is 7.63. The van der Waals surface area contributed by atoms with Gasteiger partial charge in [0.05, 0.1) is 18.1 Å². The van der Waals surface area contributed by atoms with Crippen molar-refractivity contribution in [1.29, 1.82) is 0 Å². The minimum Gasteiger partial charge on any atom is -0.362 e. The second-order valence-corrected chi connectivity index (χ2v) is 5.64. The maximum atomic E-state index is 7.27. The summed E-state index contributed by atoms with van der Waals surface area (Å²) in [6.07, 6.45) is 5.35. The molecule has 0 fully saturated rings. The topological polar surface area (TPSA) is 34.5 Å². The van der Waals surface area contributed by atoms with E-state index in [1.807, 2.05) is 41.1 Å². The molecule has 4 heteroatoms. The summed E-state index contributed by atoms with van der Waals surface area (Å²) in [5, 5.41) is 0. The zero-order valence-electron chi connectivity index (χ0n) is 13.1. The second-order valence-electron chi connectivity index (χ2n) is 5.64. The smallest absolute Gasteiger partial charge is 0.254 e. The van der Waals surface area contributed by atoms with Crippen molar-refractivity contribution in [2.75, 3.05) is 0 Å². The summed E-state index contributed by atoms with van der Waals surface area (Å²) in [6, 6.07) is 16.3. The molecule has 1 aromatic carbocycles. The molecule has 114 valence electrons. The quantitative estimate of drug-likeness (QED) is 0.492. The number of rotatable bonds is 2. The number of imidazole rings is 1. The van der Waals surface area contributed by atoms with Gasteiger partial charge in [0, 0.05) is 29.0 Å². The van der Waals surface area contributed by atoms with Gasteiger partial charge >= 0.3 is 0 Å². The van der Waals surface area contributed by atoms with Crippen LogP contribution in [0.1, 0.15) is 5.56 Å². The Hall–Kier alpha value is -3.45. The lowest BCUT2D eigenvalue weighted by Gasteiger charge is -2.09. The van der Waals surface area contributed by atoms with Crippen molar-refractivity contribution in [1.82, 2.24) is 14.4 Å². The van der Waals surface area contributed by atoms with Gasteiger partial charge in [0.1, 0.15) is 0 Å². The van der Waals surface area contributed by atoms with Gasteiger partial charge in [-0.25, -0.2) is 9.38 Å². The van der Waals surface area contributed by atoms with Crippen LogP contribution in [0, 0.1) is 13.5 Å². The highest BCUT2D eigenvalue weighted by Gasteiger charge is 2.12. The number of benzene rings is 1. The lowest BCUT2D eigenvalue weighted by atomic mass is 9.99. The molecule has 0 radical (unpaired) electrons. The van der Waals surface area contributed by atoms with E-state index in [0.717, 1.165) is 28.0 Å². The van der Waals surface area contributed by atoms with Crippen molar-refractivity contribution in [3.05, 3.63) is 84.1 Å². The highest BCUT2D eigenvalue weighted by atomic mass is 15.1. The first-order valence-corrected chi connectivity index (χ1v) is 7.63. The van der Waals surface area contributed by atoms with Crippen molar-refractivity contribution in [3.8, 4) is 22.4 Å². The highest BCUT2D eigenvalue weighted by molar-refractivity contribution is 5.81. The lowest BCUT2D eigenvalue weighted by Crippen LogP contribution is -1.91. The van der Waals surface area contributed by atoms with Crippen LogP contribution in [-0.2, 0) is 0 Å². The van der Waals surface area contributed by atoms with E-state index in [2.05, 4.69) is 46.0 Å². The molecule has 0 saturated carbocycles. The Labute approximate surface area is 139 Å². The summed E-state index contributed by atoms with van der Waals surface area (Å²) in [5.74, 6) is 0.507. The molecule has 0 aliphatic heterocycles. The highest BCUT2D eigenvalue weighted by Crippen LogP contribution is 2.31. The lowest BCUT2D eigenvalue weighted by molar-refractivity contribution is 1.20. The van der Waals surface area contributed by atoms with E-state index in [9.17, 15) is 0 Å². The largest absolute Gasteiger partial charge is 0.362 e. The SMILES string of the molecule is [C-]#[N+]c1cnc2ccc(-c3cccnc3-c3cccc(C)c3)cn12. The van der Waals surface area contributed by atoms with Crippen LogP contribution in [0.4, 0.5) is 5.82 Å². The molecular formula is C20H14N4. The molecule has 0 N–H and O–H groups in total. The second kappa shape index (κ2) is 5.64. The third kappa shape index (κ3) is 2.33. The number of aryl methyl sites for hydroxylation is 1. The van der Waals surface area contributed by atoms with Gasteiger partial charge in [-0.05, 0) is 25.1 Å². The van der Waals surface area contributed by atoms with Crippen LogP contribution in [-0.4, -0.2) is 14.4 Å². The van der Waals surface area contributed by atoms with Gasteiger partial charge in [0.15, 0.2) is 0 Å². The molecule has 0 aliphatic rings. The van der Waals surface area contributed by atoms with Crippen LogP contribution in [0.25, 0.3) is 32.9 Å². The molecule has 0 spiro atoms. The summed E-state index contributed by atoms with van der Waals surface area (Å²) in [6.45, 7) is 9.34. The van der Waals surface area contributed by atoms with E-state index >= 15 is 0 Å². The van der Waals surface area contributed by atoms with Gasteiger partial charge in [0.2, 0.25) is 5.65 Å². The molecule has 3 heterocycles. The van der Waals surface area contributed by atoms with Gasteiger partial charge in [-0.2, -0.15) is 0 Å². The van der Waals surface area contributed by atoms with Crippen molar-refractivity contribution in [2.45, 2.75) is 6.92 Å². The molecule has 0 unspecified atom stereocenters. The summed E-state index contributed by atoms with van der Waals surface area (Å²) < 4.78 is 1.81. The van der Waals surface area contributed by atoms with Crippen LogP contribution >= 0.6 is 0 Å². The van der Waals surface area contributed by atoms with Gasteiger partial charge < -0.3 is 4.85 Å². The van der Waals surface area contributed by atoms with E-state index < -0.39 is 0 Å². The normalized spacial score (nSPS) is 10.7. The average molecular weight is 310 g/mol. The first kappa shape index (κ1) is 14.2. The number of aromatic nitrogens is 3. The van der Waals surface area contributed by atoms with Crippen LogP contribution < -0.4 is 0 Å². The van der Waals surface area contributed by atoms with Crippen LogP contribution in [0.3, 0.4) is 0 Å². The number of fused-ring (bicyclic) bond motifs is 1. The van der Waals surface area contributed by atoms with Crippen LogP contribution in [0.15, 0.2) is 67.1 Å². The first-order chi connectivity index (χ1) is 11.8.